The van der Waals surface area contributed by atoms with Gasteiger partial charge in [0.05, 0.1) is 33.2 Å². The number of ether oxygens (including phenoxy) is 4. The quantitative estimate of drug-likeness (QED) is 0.162. The topological polar surface area (TPSA) is 78.2 Å². The summed E-state index contributed by atoms with van der Waals surface area (Å²) in [4.78, 5) is 6.40. The Morgan fingerprint density at radius 3 is 2.19 bits per heavy atom. The lowest BCUT2D eigenvalue weighted by atomic mass is 10.1. The molecule has 4 rings (SSSR count). The van der Waals surface area contributed by atoms with Gasteiger partial charge in [-0.15, -0.1) is 0 Å². The van der Waals surface area contributed by atoms with E-state index < -0.39 is 23.1 Å². The monoisotopic (exact) mass is 617 g/mol. The van der Waals surface area contributed by atoms with Crippen LogP contribution in [0.25, 0.3) is 5.69 Å². The van der Waals surface area contributed by atoms with Gasteiger partial charge in [-0.3, -0.25) is 4.57 Å². The molecule has 0 unspecified atom stereocenters. The smallest absolute Gasteiger partial charge is 0.174 e. The fourth-order valence-electron chi connectivity index (χ4n) is 4.41. The van der Waals surface area contributed by atoms with E-state index in [2.05, 4.69) is 4.98 Å². The summed E-state index contributed by atoms with van der Waals surface area (Å²) in [6.45, 7) is 3.33. The van der Waals surface area contributed by atoms with E-state index in [-0.39, 0.29) is 29.4 Å². The van der Waals surface area contributed by atoms with Crippen molar-refractivity contribution in [3.8, 4) is 28.7 Å². The minimum absolute atomic E-state index is 0.0265. The first-order chi connectivity index (χ1) is 20.5. The van der Waals surface area contributed by atoms with Gasteiger partial charge < -0.3 is 29.0 Å². The van der Waals surface area contributed by atoms with E-state index in [1.165, 1.54) is 19.2 Å². The molecule has 0 aliphatic carbocycles. The molecular weight excluding hydrogens is 583 g/mol. The second-order valence-electron chi connectivity index (χ2n) is 10.1. The Bertz CT molecular complexity index is 1560. The number of halogens is 3. The first-order valence-electron chi connectivity index (χ1n) is 13.3. The molecule has 0 spiro atoms. The summed E-state index contributed by atoms with van der Waals surface area (Å²) < 4.78 is 68.1. The van der Waals surface area contributed by atoms with E-state index in [1.807, 2.05) is 18.0 Å². The van der Waals surface area contributed by atoms with Gasteiger partial charge in [-0.25, -0.2) is 18.2 Å². The Kier molecular flexibility index (Phi) is 10.0. The summed E-state index contributed by atoms with van der Waals surface area (Å²) in [5.74, 6) is -0.452. The average molecular weight is 618 g/mol. The first-order valence-corrected chi connectivity index (χ1v) is 14.3. The van der Waals surface area contributed by atoms with Crippen LogP contribution < -0.4 is 23.8 Å². The molecule has 1 heterocycles. The lowest BCUT2D eigenvalue weighted by molar-refractivity contribution is 0.0758. The van der Waals surface area contributed by atoms with Crippen LogP contribution in [0.5, 0.6) is 23.0 Å². The summed E-state index contributed by atoms with van der Waals surface area (Å²) in [5.41, 5.74) is 0.303. The minimum atomic E-state index is -0.804. The van der Waals surface area contributed by atoms with Gasteiger partial charge in [-0.2, -0.15) is 0 Å². The second-order valence-corrected chi connectivity index (χ2v) is 11.1. The van der Waals surface area contributed by atoms with Gasteiger partial charge in [0.2, 0.25) is 0 Å². The van der Waals surface area contributed by atoms with Crippen molar-refractivity contribution in [2.45, 2.75) is 36.8 Å². The van der Waals surface area contributed by atoms with Gasteiger partial charge >= 0.3 is 0 Å². The molecule has 0 aliphatic heterocycles. The molecule has 8 nitrogen and oxygen atoms in total. The van der Waals surface area contributed by atoms with Crippen molar-refractivity contribution in [1.29, 1.82) is 0 Å². The molecule has 0 saturated heterocycles. The molecule has 0 amide bonds. The predicted molar refractivity (Wildman–Crippen MR) is 160 cm³/mol. The van der Waals surface area contributed by atoms with Crippen molar-refractivity contribution >= 4 is 23.3 Å². The molecular formula is C31H34F3N3O5S. The summed E-state index contributed by atoms with van der Waals surface area (Å²) in [7, 11) is 6.27. The highest BCUT2D eigenvalue weighted by molar-refractivity contribution is 7.98. The number of imidazole rings is 1. The molecule has 0 radical (unpaired) electrons. The number of nitrogens with zero attached hydrogens (tertiary/aromatic N) is 3. The molecule has 43 heavy (non-hydrogen) atoms. The lowest BCUT2D eigenvalue weighted by Crippen LogP contribution is -2.29. The highest BCUT2D eigenvalue weighted by Gasteiger charge is 2.23. The number of anilines is 2. The number of benzene rings is 3. The van der Waals surface area contributed by atoms with Crippen LogP contribution in [0.15, 0.2) is 59.9 Å². The van der Waals surface area contributed by atoms with Gasteiger partial charge in [-0.1, -0.05) is 11.8 Å². The molecule has 0 saturated carbocycles. The van der Waals surface area contributed by atoms with Gasteiger partial charge in [0.1, 0.15) is 28.8 Å². The largest absolute Gasteiger partial charge is 0.494 e. The van der Waals surface area contributed by atoms with Crippen LogP contribution in [0.4, 0.5) is 24.7 Å². The number of aliphatic hydroxyl groups is 1. The zero-order chi connectivity index (χ0) is 31.3. The highest BCUT2D eigenvalue weighted by atomic mass is 32.2. The van der Waals surface area contributed by atoms with E-state index in [9.17, 15) is 9.50 Å². The Hall–Kier alpha value is -4.03. The molecule has 0 atom stereocenters. The summed E-state index contributed by atoms with van der Waals surface area (Å²) in [6, 6.07) is 12.0. The van der Waals surface area contributed by atoms with Crippen LogP contribution in [0.1, 0.15) is 25.8 Å². The van der Waals surface area contributed by atoms with E-state index in [0.717, 1.165) is 29.6 Å². The maximum absolute atomic E-state index is 15.1. The Morgan fingerprint density at radius 1 is 0.884 bits per heavy atom. The third-order valence-electron chi connectivity index (χ3n) is 6.77. The van der Waals surface area contributed by atoms with Crippen molar-refractivity contribution in [1.82, 2.24) is 9.55 Å². The number of thioether (sulfide) groups is 1. The number of aliphatic hydroxyl groups excluding tert-OH is 1. The maximum Gasteiger partial charge on any atom is 0.174 e. The molecule has 3 aromatic carbocycles. The first kappa shape index (κ1) is 31.9. The molecule has 0 bridgehead atoms. The molecule has 230 valence electrons. The lowest BCUT2D eigenvalue weighted by Gasteiger charge is -2.26. The average Bonchev–Trinajstić information content (AvgIpc) is 3.39. The molecule has 1 N–H and O–H groups in total. The Morgan fingerprint density at radius 2 is 1.56 bits per heavy atom. The summed E-state index contributed by atoms with van der Waals surface area (Å²) >= 11 is 1.11. The Balaban J connectivity index is 1.71. The van der Waals surface area contributed by atoms with Crippen LogP contribution in [0, 0.1) is 17.5 Å². The third-order valence-corrected chi connectivity index (χ3v) is 7.75. The number of rotatable bonds is 13. The standard InChI is InChI=1S/C31H34F3N3O5S/c1-31(2,11-12-38)42-21-15-24(33)22(25(34)16-21)18-43-30-35-17-29(37(30)20-7-9-23(32)27(14-20)40-5)36(3)19-8-10-26(39-4)28(13-19)41-6/h7-10,13-17,38H,11-12,18H2,1-6H3. The number of methoxy groups -OCH3 is 3. The summed E-state index contributed by atoms with van der Waals surface area (Å²) in [5, 5.41) is 9.63. The fourth-order valence-corrected chi connectivity index (χ4v) is 5.42. The van der Waals surface area contributed by atoms with E-state index in [4.69, 9.17) is 18.9 Å². The van der Waals surface area contributed by atoms with E-state index in [1.54, 1.807) is 57.0 Å². The van der Waals surface area contributed by atoms with E-state index in [0.29, 0.717) is 34.6 Å². The maximum atomic E-state index is 15.1. The van der Waals surface area contributed by atoms with Crippen LogP contribution in [0.3, 0.4) is 0 Å². The highest BCUT2D eigenvalue weighted by Crippen LogP contribution is 2.38. The second kappa shape index (κ2) is 13.5. The van der Waals surface area contributed by atoms with E-state index >= 15 is 8.78 Å². The fraction of sp³-hybridized carbons (Fsp3) is 0.323. The molecule has 0 fully saturated rings. The third kappa shape index (κ3) is 7.14. The molecule has 0 aliphatic rings. The normalized spacial score (nSPS) is 11.4. The predicted octanol–water partition coefficient (Wildman–Crippen LogP) is 6.92. The van der Waals surface area contributed by atoms with Crippen LogP contribution in [-0.4, -0.2) is 55.2 Å². The molecule has 12 heteroatoms. The van der Waals surface area contributed by atoms with Crippen LogP contribution in [-0.2, 0) is 5.75 Å². The van der Waals surface area contributed by atoms with Gasteiger partial charge in [0, 0.05) is 61.3 Å². The van der Waals surface area contributed by atoms with Crippen LogP contribution in [0.2, 0.25) is 0 Å². The van der Waals surface area contributed by atoms with Crippen molar-refractivity contribution < 1.29 is 37.2 Å². The zero-order valence-corrected chi connectivity index (χ0v) is 25.6. The number of hydrogen-bond donors (Lipinski definition) is 1. The SMILES string of the molecule is COc1cc(-n2c(N(C)c3ccc(OC)c(OC)c3)cnc2SCc2c(F)cc(OC(C)(C)CCO)cc2F)ccc1F. The van der Waals surface area contributed by atoms with Crippen molar-refractivity contribution in [3.05, 3.63) is 77.7 Å². The zero-order valence-electron chi connectivity index (χ0n) is 24.8. The number of hydrogen-bond acceptors (Lipinski definition) is 8. The van der Waals surface area contributed by atoms with Gasteiger partial charge in [-0.05, 0) is 38.1 Å². The van der Waals surface area contributed by atoms with Crippen molar-refractivity contribution in [3.63, 3.8) is 0 Å². The van der Waals surface area contributed by atoms with Crippen molar-refractivity contribution in [2.24, 2.45) is 0 Å². The molecule has 1 aromatic heterocycles. The minimum Gasteiger partial charge on any atom is -0.494 e. The van der Waals surface area contributed by atoms with Gasteiger partial charge in [0.15, 0.2) is 28.2 Å². The molecule has 4 aromatic rings. The van der Waals surface area contributed by atoms with Gasteiger partial charge in [0.25, 0.3) is 0 Å². The Labute approximate surface area is 253 Å². The number of aromatic nitrogens is 2. The summed E-state index contributed by atoms with van der Waals surface area (Å²) in [6.07, 6.45) is 1.91. The van der Waals surface area contributed by atoms with Crippen molar-refractivity contribution in [2.75, 3.05) is 39.9 Å². The van der Waals surface area contributed by atoms with Crippen LogP contribution >= 0.6 is 11.8 Å².